The number of nitrogens with one attached hydrogen (secondary N) is 1. The lowest BCUT2D eigenvalue weighted by molar-refractivity contribution is 0.0934. The zero-order chi connectivity index (χ0) is 19.7. The molecule has 1 aliphatic rings. The minimum atomic E-state index is -0.292. The quantitative estimate of drug-likeness (QED) is 0.759. The third kappa shape index (κ3) is 3.35. The molecule has 28 heavy (non-hydrogen) atoms. The highest BCUT2D eigenvalue weighted by molar-refractivity contribution is 5.94. The number of aryl methyl sites for hydroxylation is 1. The van der Waals surface area contributed by atoms with Crippen LogP contribution in [0.5, 0.6) is 0 Å². The molecule has 0 aliphatic carbocycles. The zero-order valence-electron chi connectivity index (χ0n) is 16.3. The minimum Gasteiger partial charge on any atom is -0.331 e. The maximum absolute atomic E-state index is 12.8. The standard InChI is InChI=1S/C21H24N6O/c1-21(2,3)27-20(23-24-25-27)26-17-12-8-7-9-15(17)13-14-18(26)22-19(28)16-10-5-4-6-11-16/h4-12,18H,13-14H2,1-3H3,(H,22,28). The molecule has 7 heteroatoms. The molecule has 4 rings (SSSR count). The SMILES string of the molecule is CC(C)(C)n1nnnc1N1c2ccccc2CCC1NC(=O)c1ccccc1. The number of aromatic nitrogens is 4. The van der Waals surface area contributed by atoms with E-state index in [1.54, 1.807) is 4.68 Å². The number of carbonyl (C=O) groups excluding carboxylic acids is 1. The number of rotatable bonds is 3. The van der Waals surface area contributed by atoms with Gasteiger partial charge in [0.15, 0.2) is 0 Å². The van der Waals surface area contributed by atoms with Crippen molar-refractivity contribution in [2.24, 2.45) is 0 Å². The zero-order valence-corrected chi connectivity index (χ0v) is 16.3. The summed E-state index contributed by atoms with van der Waals surface area (Å²) in [6.45, 7) is 6.17. The lowest BCUT2D eigenvalue weighted by Gasteiger charge is -2.38. The smallest absolute Gasteiger partial charge is 0.252 e. The van der Waals surface area contributed by atoms with Crippen molar-refractivity contribution in [1.29, 1.82) is 0 Å². The number of anilines is 2. The molecule has 1 N–H and O–H groups in total. The molecule has 0 bridgehead atoms. The molecular weight excluding hydrogens is 352 g/mol. The highest BCUT2D eigenvalue weighted by atomic mass is 16.1. The molecule has 1 aliphatic heterocycles. The molecule has 7 nitrogen and oxygen atoms in total. The van der Waals surface area contributed by atoms with E-state index in [4.69, 9.17) is 0 Å². The number of fused-ring (bicyclic) bond motifs is 1. The van der Waals surface area contributed by atoms with Gasteiger partial charge in [-0.1, -0.05) is 41.5 Å². The van der Waals surface area contributed by atoms with Crippen LogP contribution in [0.3, 0.4) is 0 Å². The molecule has 0 saturated carbocycles. The Hall–Kier alpha value is -3.22. The van der Waals surface area contributed by atoms with Crippen LogP contribution in [0, 0.1) is 0 Å². The van der Waals surface area contributed by atoms with Gasteiger partial charge in [0.1, 0.15) is 6.17 Å². The summed E-state index contributed by atoms with van der Waals surface area (Å²) in [7, 11) is 0. The van der Waals surface area contributed by atoms with Gasteiger partial charge in [0.05, 0.1) is 5.54 Å². The van der Waals surface area contributed by atoms with Gasteiger partial charge in [-0.25, -0.2) is 4.68 Å². The van der Waals surface area contributed by atoms with Gasteiger partial charge < -0.3 is 5.32 Å². The van der Waals surface area contributed by atoms with E-state index in [1.165, 1.54) is 5.56 Å². The number of amides is 1. The number of nitrogens with zero attached hydrogens (tertiary/aromatic N) is 5. The van der Waals surface area contributed by atoms with Crippen LogP contribution in [0.4, 0.5) is 11.6 Å². The first-order chi connectivity index (χ1) is 13.4. The summed E-state index contributed by atoms with van der Waals surface area (Å²) in [5, 5.41) is 15.6. The highest BCUT2D eigenvalue weighted by Gasteiger charge is 2.34. The first-order valence-corrected chi connectivity index (χ1v) is 9.47. The average Bonchev–Trinajstić information content (AvgIpc) is 3.18. The van der Waals surface area contributed by atoms with Gasteiger partial charge in [-0.2, -0.15) is 0 Å². The van der Waals surface area contributed by atoms with Crippen molar-refractivity contribution in [3.05, 3.63) is 65.7 Å². The molecule has 0 saturated heterocycles. The summed E-state index contributed by atoms with van der Waals surface area (Å²) in [4.78, 5) is 14.9. The molecule has 2 heterocycles. The molecule has 1 atom stereocenters. The van der Waals surface area contributed by atoms with Crippen LogP contribution < -0.4 is 10.2 Å². The predicted octanol–water partition coefficient (Wildman–Crippen LogP) is 3.27. The minimum absolute atomic E-state index is 0.107. The van der Waals surface area contributed by atoms with Crippen LogP contribution >= 0.6 is 0 Å². The Morgan fingerprint density at radius 1 is 1.07 bits per heavy atom. The van der Waals surface area contributed by atoms with Gasteiger partial charge >= 0.3 is 0 Å². The number of benzene rings is 2. The molecule has 0 fully saturated rings. The first kappa shape index (κ1) is 18.2. The van der Waals surface area contributed by atoms with E-state index in [9.17, 15) is 4.79 Å². The fourth-order valence-corrected chi connectivity index (χ4v) is 3.52. The number of carbonyl (C=O) groups is 1. The molecule has 1 aromatic heterocycles. The second-order valence-corrected chi connectivity index (χ2v) is 7.95. The van der Waals surface area contributed by atoms with E-state index in [1.807, 2.05) is 47.4 Å². The normalized spacial score (nSPS) is 16.5. The first-order valence-electron chi connectivity index (χ1n) is 9.47. The summed E-state index contributed by atoms with van der Waals surface area (Å²) in [5.74, 6) is 0.516. The van der Waals surface area contributed by atoms with Crippen molar-refractivity contribution < 1.29 is 4.79 Å². The average molecular weight is 376 g/mol. The topological polar surface area (TPSA) is 75.9 Å². The molecule has 1 unspecified atom stereocenters. The Morgan fingerprint density at radius 2 is 1.79 bits per heavy atom. The lowest BCUT2D eigenvalue weighted by atomic mass is 9.99. The van der Waals surface area contributed by atoms with Crippen molar-refractivity contribution in [1.82, 2.24) is 25.5 Å². The van der Waals surface area contributed by atoms with Gasteiger partial charge in [0.2, 0.25) is 0 Å². The number of para-hydroxylation sites is 1. The van der Waals surface area contributed by atoms with E-state index in [0.717, 1.165) is 18.5 Å². The second kappa shape index (κ2) is 7.07. The van der Waals surface area contributed by atoms with Crippen LogP contribution in [0.1, 0.15) is 43.1 Å². The summed E-state index contributed by atoms with van der Waals surface area (Å²) >= 11 is 0. The lowest BCUT2D eigenvalue weighted by Crippen LogP contribution is -2.50. The number of tetrazole rings is 1. The van der Waals surface area contributed by atoms with E-state index in [2.05, 4.69) is 53.7 Å². The predicted molar refractivity (Wildman–Crippen MR) is 107 cm³/mol. The largest absolute Gasteiger partial charge is 0.331 e. The molecule has 0 radical (unpaired) electrons. The van der Waals surface area contributed by atoms with Crippen LogP contribution in [-0.2, 0) is 12.0 Å². The van der Waals surface area contributed by atoms with Crippen molar-refractivity contribution in [3.63, 3.8) is 0 Å². The van der Waals surface area contributed by atoms with E-state index in [0.29, 0.717) is 11.5 Å². The fourth-order valence-electron chi connectivity index (χ4n) is 3.52. The maximum Gasteiger partial charge on any atom is 0.252 e. The highest BCUT2D eigenvalue weighted by Crippen LogP contribution is 2.36. The van der Waals surface area contributed by atoms with E-state index < -0.39 is 0 Å². The number of hydrogen-bond donors (Lipinski definition) is 1. The Bertz CT molecular complexity index is 976. The third-order valence-corrected chi connectivity index (χ3v) is 4.89. The summed E-state index contributed by atoms with van der Waals surface area (Å²) in [6.07, 6.45) is 1.41. The van der Waals surface area contributed by atoms with Crippen LogP contribution in [0.25, 0.3) is 0 Å². The Kier molecular flexibility index (Phi) is 4.58. The van der Waals surface area contributed by atoms with Crippen molar-refractivity contribution in [3.8, 4) is 0 Å². The van der Waals surface area contributed by atoms with Gasteiger partial charge in [-0.3, -0.25) is 9.69 Å². The van der Waals surface area contributed by atoms with Gasteiger partial charge in [0.25, 0.3) is 11.9 Å². The van der Waals surface area contributed by atoms with Crippen molar-refractivity contribution in [2.75, 3.05) is 4.90 Å². The Labute approximate surface area is 164 Å². The fraction of sp³-hybridized carbons (Fsp3) is 0.333. The molecule has 2 aromatic carbocycles. The summed E-state index contributed by atoms with van der Waals surface area (Å²) in [6, 6.07) is 17.5. The van der Waals surface area contributed by atoms with Crippen LogP contribution in [0.2, 0.25) is 0 Å². The van der Waals surface area contributed by atoms with Crippen molar-refractivity contribution >= 4 is 17.5 Å². The van der Waals surface area contributed by atoms with Crippen LogP contribution in [0.15, 0.2) is 54.6 Å². The summed E-state index contributed by atoms with van der Waals surface area (Å²) in [5.41, 5.74) is 2.58. The number of hydrogen-bond acceptors (Lipinski definition) is 5. The third-order valence-electron chi connectivity index (χ3n) is 4.89. The molecule has 0 spiro atoms. The van der Waals surface area contributed by atoms with Crippen molar-refractivity contribution in [2.45, 2.75) is 45.3 Å². The van der Waals surface area contributed by atoms with Gasteiger partial charge in [-0.15, -0.1) is 0 Å². The van der Waals surface area contributed by atoms with E-state index >= 15 is 0 Å². The Balaban J connectivity index is 1.74. The molecular formula is C21H24N6O. The monoisotopic (exact) mass is 376 g/mol. The molecule has 144 valence electrons. The maximum atomic E-state index is 12.8. The second-order valence-electron chi connectivity index (χ2n) is 7.95. The van der Waals surface area contributed by atoms with Crippen LogP contribution in [-0.4, -0.2) is 32.3 Å². The molecule has 3 aromatic rings. The summed E-state index contributed by atoms with van der Waals surface area (Å²) < 4.78 is 1.80. The van der Waals surface area contributed by atoms with Gasteiger partial charge in [0, 0.05) is 11.3 Å². The molecule has 1 amide bonds. The van der Waals surface area contributed by atoms with E-state index in [-0.39, 0.29) is 17.6 Å². The van der Waals surface area contributed by atoms with Gasteiger partial charge in [-0.05, 0) is 67.8 Å². The Morgan fingerprint density at radius 3 is 2.54 bits per heavy atom.